The van der Waals surface area contributed by atoms with Crippen LogP contribution in [0.3, 0.4) is 0 Å². The van der Waals surface area contributed by atoms with Crippen molar-refractivity contribution in [3.05, 3.63) is 11.4 Å². The van der Waals surface area contributed by atoms with Gasteiger partial charge in [-0.05, 0) is 32.1 Å². The Kier molecular flexibility index (Phi) is 4.58. The summed E-state index contributed by atoms with van der Waals surface area (Å²) in [5.74, 6) is 2.68. The van der Waals surface area contributed by atoms with Crippen LogP contribution in [-0.2, 0) is 6.42 Å². The fourth-order valence-corrected chi connectivity index (χ4v) is 2.60. The Morgan fingerprint density at radius 1 is 1.37 bits per heavy atom. The number of aryl methyl sites for hydroxylation is 1. The molecule has 1 aromatic rings. The van der Waals surface area contributed by atoms with Gasteiger partial charge in [0.05, 0.1) is 6.10 Å². The number of aliphatic hydroxyl groups is 1. The number of aliphatic hydroxyl groups excluding tert-OH is 1. The van der Waals surface area contributed by atoms with Gasteiger partial charge in [0.15, 0.2) is 0 Å². The Morgan fingerprint density at radius 2 is 2.16 bits per heavy atom. The van der Waals surface area contributed by atoms with Gasteiger partial charge in [-0.15, -0.1) is 0 Å². The summed E-state index contributed by atoms with van der Waals surface area (Å²) in [6.07, 6.45) is 4.75. The number of aromatic nitrogens is 2. The minimum absolute atomic E-state index is 0.136. The zero-order chi connectivity index (χ0) is 13.8. The normalized spacial score (nSPS) is 23.3. The van der Waals surface area contributed by atoms with Crippen LogP contribution in [0.15, 0.2) is 0 Å². The number of nitrogens with one attached hydrogen (secondary N) is 1. The minimum Gasteiger partial charge on any atom is -0.393 e. The average molecular weight is 264 g/mol. The van der Waals surface area contributed by atoms with Gasteiger partial charge in [0, 0.05) is 18.5 Å². The maximum Gasteiger partial charge on any atom is 0.134 e. The summed E-state index contributed by atoms with van der Waals surface area (Å²) in [6.45, 7) is 4.80. The second kappa shape index (κ2) is 6.19. The Labute approximate surface area is 114 Å². The van der Waals surface area contributed by atoms with Crippen molar-refractivity contribution in [1.29, 1.82) is 0 Å². The molecule has 0 radical (unpaired) electrons. The summed E-state index contributed by atoms with van der Waals surface area (Å²) >= 11 is 0. The first kappa shape index (κ1) is 14.1. The minimum atomic E-state index is -0.136. The molecule has 0 aromatic carbocycles. The van der Waals surface area contributed by atoms with E-state index in [4.69, 9.17) is 5.73 Å². The van der Waals surface area contributed by atoms with Crippen molar-refractivity contribution in [2.45, 2.75) is 52.1 Å². The molecule has 4 N–H and O–H groups in total. The molecule has 106 valence electrons. The molecule has 2 atom stereocenters. The first-order valence-electron chi connectivity index (χ1n) is 7.15. The number of nitrogens with two attached hydrogens (primary N) is 1. The topological polar surface area (TPSA) is 84.1 Å². The molecule has 1 heterocycles. The van der Waals surface area contributed by atoms with Crippen LogP contribution in [0, 0.1) is 12.8 Å². The van der Waals surface area contributed by atoms with Gasteiger partial charge < -0.3 is 16.2 Å². The van der Waals surface area contributed by atoms with Crippen molar-refractivity contribution in [2.75, 3.05) is 17.6 Å². The lowest BCUT2D eigenvalue weighted by Crippen LogP contribution is -2.25. The lowest BCUT2D eigenvalue weighted by Gasteiger charge is -2.26. The summed E-state index contributed by atoms with van der Waals surface area (Å²) in [4.78, 5) is 8.74. The Hall–Kier alpha value is -1.36. The fraction of sp³-hybridized carbons (Fsp3) is 0.714. The van der Waals surface area contributed by atoms with E-state index in [9.17, 15) is 5.11 Å². The molecule has 1 fully saturated rings. The SMILES string of the molecule is CCc1nc(N)c(C)c(NCC2CCCC(O)C2)n1. The van der Waals surface area contributed by atoms with E-state index in [0.717, 1.165) is 49.4 Å². The standard InChI is InChI=1S/C14H24N4O/c1-3-12-17-13(15)9(2)14(18-12)16-8-10-5-4-6-11(19)7-10/h10-11,19H,3-8H2,1-2H3,(H3,15,16,17,18). The van der Waals surface area contributed by atoms with Crippen molar-refractivity contribution in [1.82, 2.24) is 9.97 Å². The summed E-state index contributed by atoms with van der Waals surface area (Å²) < 4.78 is 0. The van der Waals surface area contributed by atoms with Crippen LogP contribution in [0.25, 0.3) is 0 Å². The molecule has 0 bridgehead atoms. The van der Waals surface area contributed by atoms with E-state index in [0.29, 0.717) is 11.7 Å². The number of anilines is 2. The molecule has 0 spiro atoms. The van der Waals surface area contributed by atoms with E-state index >= 15 is 0 Å². The maximum atomic E-state index is 9.68. The van der Waals surface area contributed by atoms with Crippen LogP contribution < -0.4 is 11.1 Å². The highest BCUT2D eigenvalue weighted by Crippen LogP contribution is 2.25. The molecule has 5 nitrogen and oxygen atoms in total. The van der Waals surface area contributed by atoms with Crippen LogP contribution >= 0.6 is 0 Å². The second-order valence-electron chi connectivity index (χ2n) is 5.42. The predicted molar refractivity (Wildman–Crippen MR) is 77.0 cm³/mol. The molecule has 2 rings (SSSR count). The molecule has 1 aromatic heterocycles. The molecule has 1 aliphatic carbocycles. The summed E-state index contributed by atoms with van der Waals surface area (Å²) in [7, 11) is 0. The number of rotatable bonds is 4. The molecule has 1 aliphatic rings. The lowest BCUT2D eigenvalue weighted by molar-refractivity contribution is 0.104. The zero-order valence-electron chi connectivity index (χ0n) is 11.8. The van der Waals surface area contributed by atoms with Crippen molar-refractivity contribution in [2.24, 2.45) is 5.92 Å². The van der Waals surface area contributed by atoms with Crippen molar-refractivity contribution < 1.29 is 5.11 Å². The summed E-state index contributed by atoms with van der Waals surface area (Å²) in [5.41, 5.74) is 6.81. The van der Waals surface area contributed by atoms with Crippen molar-refractivity contribution in [3.63, 3.8) is 0 Å². The fourth-order valence-electron chi connectivity index (χ4n) is 2.60. The van der Waals surface area contributed by atoms with Gasteiger partial charge >= 0.3 is 0 Å². The van der Waals surface area contributed by atoms with E-state index in [1.165, 1.54) is 6.42 Å². The van der Waals surface area contributed by atoms with Crippen LogP contribution in [0.5, 0.6) is 0 Å². The van der Waals surface area contributed by atoms with Crippen LogP contribution in [0.4, 0.5) is 11.6 Å². The van der Waals surface area contributed by atoms with Gasteiger partial charge in [0.1, 0.15) is 17.5 Å². The first-order chi connectivity index (χ1) is 9.10. The molecular formula is C14H24N4O. The molecule has 1 saturated carbocycles. The van der Waals surface area contributed by atoms with E-state index in [1.807, 2.05) is 13.8 Å². The molecule has 2 unspecified atom stereocenters. The molecule has 0 aliphatic heterocycles. The molecular weight excluding hydrogens is 240 g/mol. The van der Waals surface area contributed by atoms with Crippen LogP contribution in [0.1, 0.15) is 44.0 Å². The third-order valence-electron chi connectivity index (χ3n) is 3.86. The lowest BCUT2D eigenvalue weighted by atomic mass is 9.87. The Bertz CT molecular complexity index is 436. The highest BCUT2D eigenvalue weighted by molar-refractivity contribution is 5.54. The van der Waals surface area contributed by atoms with Crippen molar-refractivity contribution in [3.8, 4) is 0 Å². The number of nitrogens with zero attached hydrogens (tertiary/aromatic N) is 2. The van der Waals surface area contributed by atoms with Gasteiger partial charge in [0.2, 0.25) is 0 Å². The van der Waals surface area contributed by atoms with Gasteiger partial charge in [0.25, 0.3) is 0 Å². The van der Waals surface area contributed by atoms with Crippen LogP contribution in [0.2, 0.25) is 0 Å². The van der Waals surface area contributed by atoms with Gasteiger partial charge in [-0.1, -0.05) is 13.3 Å². The summed E-state index contributed by atoms with van der Waals surface area (Å²) in [6, 6.07) is 0. The van der Waals surface area contributed by atoms with E-state index in [1.54, 1.807) is 0 Å². The quantitative estimate of drug-likeness (QED) is 0.773. The Balaban J connectivity index is 2.00. The predicted octanol–water partition coefficient (Wildman–Crippen LogP) is 1.89. The zero-order valence-corrected chi connectivity index (χ0v) is 11.8. The second-order valence-corrected chi connectivity index (χ2v) is 5.42. The maximum absolute atomic E-state index is 9.68. The van der Waals surface area contributed by atoms with Crippen molar-refractivity contribution >= 4 is 11.6 Å². The summed E-state index contributed by atoms with van der Waals surface area (Å²) in [5, 5.41) is 13.1. The molecule has 19 heavy (non-hydrogen) atoms. The number of hydrogen-bond acceptors (Lipinski definition) is 5. The van der Waals surface area contributed by atoms with E-state index in [-0.39, 0.29) is 6.10 Å². The number of hydrogen-bond donors (Lipinski definition) is 3. The monoisotopic (exact) mass is 264 g/mol. The smallest absolute Gasteiger partial charge is 0.134 e. The molecule has 0 amide bonds. The molecule has 0 saturated heterocycles. The Morgan fingerprint density at radius 3 is 2.84 bits per heavy atom. The third kappa shape index (κ3) is 3.56. The number of nitrogen functional groups attached to an aromatic ring is 1. The van der Waals surface area contributed by atoms with Gasteiger partial charge in [-0.3, -0.25) is 0 Å². The van der Waals surface area contributed by atoms with E-state index in [2.05, 4.69) is 15.3 Å². The highest BCUT2D eigenvalue weighted by Gasteiger charge is 2.20. The highest BCUT2D eigenvalue weighted by atomic mass is 16.3. The third-order valence-corrected chi connectivity index (χ3v) is 3.86. The first-order valence-corrected chi connectivity index (χ1v) is 7.15. The van der Waals surface area contributed by atoms with Crippen LogP contribution in [-0.4, -0.2) is 27.7 Å². The average Bonchev–Trinajstić information content (AvgIpc) is 2.40. The molecule has 5 heteroatoms. The van der Waals surface area contributed by atoms with Gasteiger partial charge in [-0.25, -0.2) is 9.97 Å². The van der Waals surface area contributed by atoms with E-state index < -0.39 is 0 Å². The van der Waals surface area contributed by atoms with Gasteiger partial charge in [-0.2, -0.15) is 0 Å². The largest absolute Gasteiger partial charge is 0.393 e.